The van der Waals surface area contributed by atoms with Gasteiger partial charge in [0, 0.05) is 11.4 Å². The Labute approximate surface area is 189 Å². The molecule has 0 fully saturated rings. The highest BCUT2D eigenvalue weighted by Crippen LogP contribution is 2.28. The molecular formula is C27H30N2O3. The molecule has 166 valence electrons. The molecule has 5 nitrogen and oxygen atoms in total. The summed E-state index contributed by atoms with van der Waals surface area (Å²) < 4.78 is 5.62. The molecule has 0 spiro atoms. The maximum atomic E-state index is 12.3. The van der Waals surface area contributed by atoms with Crippen LogP contribution in [0.3, 0.4) is 0 Å². The van der Waals surface area contributed by atoms with E-state index < -0.39 is 0 Å². The van der Waals surface area contributed by atoms with Crippen LogP contribution in [-0.2, 0) is 21.4 Å². The van der Waals surface area contributed by atoms with Crippen LogP contribution in [0.1, 0.15) is 38.3 Å². The number of hydrogen-bond acceptors (Lipinski definition) is 3. The molecule has 2 N–H and O–H groups in total. The molecule has 0 saturated heterocycles. The monoisotopic (exact) mass is 430 g/mol. The average molecular weight is 431 g/mol. The Kier molecular flexibility index (Phi) is 7.66. The number of anilines is 2. The third-order valence-corrected chi connectivity index (χ3v) is 5.53. The van der Waals surface area contributed by atoms with Gasteiger partial charge in [0.2, 0.25) is 5.91 Å². The Morgan fingerprint density at radius 3 is 2.06 bits per heavy atom. The number of rotatable bonds is 9. The lowest BCUT2D eigenvalue weighted by atomic mass is 9.82. The van der Waals surface area contributed by atoms with Gasteiger partial charge in [0.05, 0.1) is 6.42 Å². The molecule has 0 aromatic heterocycles. The van der Waals surface area contributed by atoms with Gasteiger partial charge >= 0.3 is 0 Å². The molecule has 0 radical (unpaired) electrons. The summed E-state index contributed by atoms with van der Waals surface area (Å²) in [5.41, 5.74) is 3.51. The van der Waals surface area contributed by atoms with E-state index in [2.05, 4.69) is 31.4 Å². The van der Waals surface area contributed by atoms with Gasteiger partial charge < -0.3 is 15.4 Å². The summed E-state index contributed by atoms with van der Waals surface area (Å²) in [5, 5.41) is 5.67. The summed E-state index contributed by atoms with van der Waals surface area (Å²) >= 11 is 0. The second kappa shape index (κ2) is 10.6. The van der Waals surface area contributed by atoms with Crippen LogP contribution in [0, 0.1) is 0 Å². The number of nitrogens with one attached hydrogen (secondary N) is 2. The van der Waals surface area contributed by atoms with Gasteiger partial charge in [-0.15, -0.1) is 0 Å². The Balaban J connectivity index is 1.50. The summed E-state index contributed by atoms with van der Waals surface area (Å²) in [6.07, 6.45) is 1.33. The number of benzene rings is 3. The fourth-order valence-corrected chi connectivity index (χ4v) is 3.21. The lowest BCUT2D eigenvalue weighted by molar-refractivity contribution is -0.118. The Bertz CT molecular complexity index is 1040. The van der Waals surface area contributed by atoms with Crippen LogP contribution in [0.4, 0.5) is 11.4 Å². The minimum Gasteiger partial charge on any atom is -0.484 e. The van der Waals surface area contributed by atoms with E-state index in [-0.39, 0.29) is 23.8 Å². The minimum atomic E-state index is -0.268. The summed E-state index contributed by atoms with van der Waals surface area (Å²) in [4.78, 5) is 24.6. The predicted molar refractivity (Wildman–Crippen MR) is 129 cm³/mol. The minimum absolute atomic E-state index is 0.0961. The fraction of sp³-hybridized carbons (Fsp3) is 0.259. The van der Waals surface area contributed by atoms with E-state index in [4.69, 9.17) is 4.74 Å². The number of ether oxygens (including phenoxy) is 1. The molecule has 5 heteroatoms. The zero-order valence-electron chi connectivity index (χ0n) is 18.9. The van der Waals surface area contributed by atoms with Crippen molar-refractivity contribution in [3.05, 3.63) is 90.0 Å². The van der Waals surface area contributed by atoms with Crippen molar-refractivity contribution in [1.29, 1.82) is 0 Å². The average Bonchev–Trinajstić information content (AvgIpc) is 2.79. The van der Waals surface area contributed by atoms with Crippen molar-refractivity contribution in [2.45, 2.75) is 39.0 Å². The molecule has 3 rings (SSSR count). The summed E-state index contributed by atoms with van der Waals surface area (Å²) in [6, 6.07) is 24.5. The molecule has 0 aliphatic carbocycles. The van der Waals surface area contributed by atoms with Gasteiger partial charge in [-0.05, 0) is 53.3 Å². The Hall–Kier alpha value is -3.60. The van der Waals surface area contributed by atoms with Gasteiger partial charge in [-0.3, -0.25) is 9.59 Å². The Morgan fingerprint density at radius 2 is 1.44 bits per heavy atom. The highest BCUT2D eigenvalue weighted by molar-refractivity contribution is 5.95. The molecule has 0 heterocycles. The van der Waals surface area contributed by atoms with Crippen LogP contribution in [0.2, 0.25) is 0 Å². The van der Waals surface area contributed by atoms with Gasteiger partial charge in [-0.2, -0.15) is 0 Å². The van der Waals surface area contributed by atoms with Gasteiger partial charge in [-0.25, -0.2) is 0 Å². The maximum absolute atomic E-state index is 12.3. The molecule has 0 bridgehead atoms. The molecule has 0 aliphatic rings. The smallest absolute Gasteiger partial charge is 0.262 e. The fourth-order valence-electron chi connectivity index (χ4n) is 3.21. The van der Waals surface area contributed by atoms with Crippen LogP contribution < -0.4 is 15.4 Å². The van der Waals surface area contributed by atoms with Crippen molar-refractivity contribution in [1.82, 2.24) is 0 Å². The molecule has 0 saturated carbocycles. The van der Waals surface area contributed by atoms with Crippen molar-refractivity contribution in [3.63, 3.8) is 0 Å². The van der Waals surface area contributed by atoms with Crippen LogP contribution >= 0.6 is 0 Å². The normalized spacial score (nSPS) is 11.0. The van der Waals surface area contributed by atoms with Crippen LogP contribution in [-0.4, -0.2) is 18.4 Å². The quantitative estimate of drug-likeness (QED) is 0.466. The van der Waals surface area contributed by atoms with Crippen LogP contribution in [0.5, 0.6) is 5.75 Å². The number of amides is 2. The lowest BCUT2D eigenvalue weighted by Crippen LogP contribution is -2.20. The summed E-state index contributed by atoms with van der Waals surface area (Å²) in [5.74, 6) is 0.270. The van der Waals surface area contributed by atoms with E-state index >= 15 is 0 Å². The number of carbonyl (C=O) groups excluding carboxylic acids is 2. The molecule has 3 aromatic rings. The highest BCUT2D eigenvalue weighted by Gasteiger charge is 2.17. The summed E-state index contributed by atoms with van der Waals surface area (Å²) in [7, 11) is 0. The SMILES string of the molecule is CCC(C)(C)c1ccc(OCC(=O)Nc2cccc(NC(=O)Cc3ccccc3)c2)cc1. The first kappa shape index (κ1) is 23.1. The molecule has 0 aliphatic heterocycles. The van der Waals surface area contributed by atoms with Gasteiger partial charge in [0.15, 0.2) is 6.61 Å². The third-order valence-electron chi connectivity index (χ3n) is 5.53. The van der Waals surface area contributed by atoms with Gasteiger partial charge in [0.1, 0.15) is 5.75 Å². The molecule has 0 unspecified atom stereocenters. The Morgan fingerprint density at radius 1 is 0.812 bits per heavy atom. The standard InChI is InChI=1S/C27H30N2O3/c1-4-27(2,3)21-13-15-24(16-14-21)32-19-26(31)29-23-12-8-11-22(18-23)28-25(30)17-20-9-6-5-7-10-20/h5-16,18H,4,17,19H2,1-3H3,(H,28,30)(H,29,31). The summed E-state index contributed by atoms with van der Waals surface area (Å²) in [6.45, 7) is 6.47. The maximum Gasteiger partial charge on any atom is 0.262 e. The van der Waals surface area contributed by atoms with E-state index in [1.165, 1.54) is 5.56 Å². The zero-order chi connectivity index (χ0) is 23.0. The number of hydrogen-bond donors (Lipinski definition) is 2. The molecular weight excluding hydrogens is 400 g/mol. The highest BCUT2D eigenvalue weighted by atomic mass is 16.5. The third kappa shape index (κ3) is 6.71. The van der Waals surface area contributed by atoms with E-state index in [0.29, 0.717) is 23.5 Å². The van der Waals surface area contributed by atoms with E-state index in [9.17, 15) is 9.59 Å². The van der Waals surface area contributed by atoms with Crippen molar-refractivity contribution >= 4 is 23.2 Å². The van der Waals surface area contributed by atoms with Crippen molar-refractivity contribution in [2.75, 3.05) is 17.2 Å². The van der Waals surface area contributed by atoms with Crippen molar-refractivity contribution in [2.24, 2.45) is 0 Å². The van der Waals surface area contributed by atoms with E-state index in [0.717, 1.165) is 12.0 Å². The molecule has 2 amide bonds. The van der Waals surface area contributed by atoms with Gasteiger partial charge in [0.25, 0.3) is 5.91 Å². The van der Waals surface area contributed by atoms with Crippen LogP contribution in [0.25, 0.3) is 0 Å². The zero-order valence-corrected chi connectivity index (χ0v) is 18.9. The molecule has 0 atom stereocenters. The van der Waals surface area contributed by atoms with Gasteiger partial charge in [-0.1, -0.05) is 69.3 Å². The second-order valence-electron chi connectivity index (χ2n) is 8.39. The first-order valence-corrected chi connectivity index (χ1v) is 10.8. The molecule has 32 heavy (non-hydrogen) atoms. The molecule has 3 aromatic carbocycles. The van der Waals surface area contributed by atoms with Crippen molar-refractivity contribution < 1.29 is 14.3 Å². The first-order valence-electron chi connectivity index (χ1n) is 10.8. The van der Waals surface area contributed by atoms with E-state index in [1.807, 2.05) is 54.6 Å². The van der Waals surface area contributed by atoms with Crippen LogP contribution in [0.15, 0.2) is 78.9 Å². The predicted octanol–water partition coefficient (Wildman–Crippen LogP) is 5.57. The first-order chi connectivity index (χ1) is 15.4. The number of carbonyl (C=O) groups is 2. The topological polar surface area (TPSA) is 67.4 Å². The lowest BCUT2D eigenvalue weighted by Gasteiger charge is -2.23. The second-order valence-corrected chi connectivity index (χ2v) is 8.39. The largest absolute Gasteiger partial charge is 0.484 e. The van der Waals surface area contributed by atoms with Crippen molar-refractivity contribution in [3.8, 4) is 5.75 Å². The van der Waals surface area contributed by atoms with E-state index in [1.54, 1.807) is 24.3 Å².